The molecule has 176 valence electrons. The minimum Gasteiger partial charge on any atom is -0.507 e. The number of ether oxygens (including phenoxy) is 1. The number of aliphatic hydroxyl groups is 1. The van der Waals surface area contributed by atoms with Crippen LogP contribution in [0.4, 0.5) is 5.69 Å². The van der Waals surface area contributed by atoms with Crippen LogP contribution in [-0.4, -0.2) is 32.7 Å². The number of ketones is 1. The third kappa shape index (κ3) is 4.03. The molecule has 0 unspecified atom stereocenters. The maximum absolute atomic E-state index is 13.2. The fourth-order valence-electron chi connectivity index (χ4n) is 4.67. The number of Topliss-reactive ketones (excluding diaryl/α,β-unsaturated/α-hetero) is 1. The summed E-state index contributed by atoms with van der Waals surface area (Å²) < 4.78 is 5.73. The van der Waals surface area contributed by atoms with E-state index in [0.29, 0.717) is 17.5 Å². The molecule has 5 rings (SSSR count). The van der Waals surface area contributed by atoms with Gasteiger partial charge in [0.15, 0.2) is 0 Å². The van der Waals surface area contributed by atoms with Gasteiger partial charge in [0.25, 0.3) is 17.4 Å². The lowest BCUT2D eigenvalue weighted by Crippen LogP contribution is -2.29. The molecule has 2 heterocycles. The molecule has 0 saturated carbocycles. The molecule has 0 aromatic heterocycles. The highest BCUT2D eigenvalue weighted by molar-refractivity contribution is 6.46. The van der Waals surface area contributed by atoms with E-state index in [0.717, 1.165) is 16.9 Å². The van der Waals surface area contributed by atoms with Crippen molar-refractivity contribution in [3.05, 3.63) is 111 Å². The van der Waals surface area contributed by atoms with Crippen molar-refractivity contribution >= 4 is 23.1 Å². The van der Waals surface area contributed by atoms with Crippen LogP contribution in [0.3, 0.4) is 0 Å². The highest BCUT2D eigenvalue weighted by Gasteiger charge is 2.46. The quantitative estimate of drug-likeness (QED) is 0.193. The van der Waals surface area contributed by atoms with Crippen LogP contribution in [0.1, 0.15) is 35.2 Å². The largest absolute Gasteiger partial charge is 0.507 e. The summed E-state index contributed by atoms with van der Waals surface area (Å²) in [5, 5.41) is 22.4. The Balaban J connectivity index is 1.63. The molecule has 1 saturated heterocycles. The van der Waals surface area contributed by atoms with Crippen LogP contribution < -0.4 is 4.74 Å². The van der Waals surface area contributed by atoms with Gasteiger partial charge in [0.2, 0.25) is 0 Å². The Morgan fingerprint density at radius 3 is 2.49 bits per heavy atom. The van der Waals surface area contributed by atoms with Crippen LogP contribution in [0.5, 0.6) is 5.75 Å². The SMILES string of the molecule is C[C@H]1Cc2cc(C(O)=C3C(=O)C(=O)N(Cc4ccccc4)[C@H]3c3ccc([N+](=O)[O-])cc3)ccc2O1. The summed E-state index contributed by atoms with van der Waals surface area (Å²) in [5.41, 5.74) is 2.46. The summed E-state index contributed by atoms with van der Waals surface area (Å²) in [5.74, 6) is -1.10. The van der Waals surface area contributed by atoms with Gasteiger partial charge in [-0.3, -0.25) is 19.7 Å². The van der Waals surface area contributed by atoms with Crippen LogP contribution in [0, 0.1) is 10.1 Å². The standard InChI is InChI=1S/C27H22N2O6/c1-16-13-20-14-19(9-12-22(20)35-16)25(30)23-24(18-7-10-21(11-8-18)29(33)34)28(27(32)26(23)31)15-17-5-3-2-4-6-17/h2-12,14,16,24,30H,13,15H2,1H3/t16-,24-/m0/s1. The highest BCUT2D eigenvalue weighted by atomic mass is 16.6. The molecule has 1 fully saturated rings. The summed E-state index contributed by atoms with van der Waals surface area (Å²) in [7, 11) is 0. The van der Waals surface area contributed by atoms with E-state index in [1.807, 2.05) is 37.3 Å². The predicted octanol–water partition coefficient (Wildman–Crippen LogP) is 4.54. The molecule has 3 aromatic carbocycles. The topological polar surface area (TPSA) is 110 Å². The number of nitro benzene ring substituents is 1. The number of benzene rings is 3. The van der Waals surface area contributed by atoms with Crippen molar-refractivity contribution in [1.82, 2.24) is 4.90 Å². The fourth-order valence-corrected chi connectivity index (χ4v) is 4.67. The Hall–Kier alpha value is -4.46. The molecule has 0 bridgehead atoms. The van der Waals surface area contributed by atoms with Crippen molar-refractivity contribution in [3.8, 4) is 5.75 Å². The molecule has 1 N–H and O–H groups in total. The van der Waals surface area contributed by atoms with Gasteiger partial charge in [0.05, 0.1) is 16.5 Å². The molecular formula is C27H22N2O6. The van der Waals surface area contributed by atoms with Gasteiger partial charge >= 0.3 is 0 Å². The zero-order valence-electron chi connectivity index (χ0n) is 18.9. The molecule has 0 aliphatic carbocycles. The molecule has 1 amide bonds. The zero-order chi connectivity index (χ0) is 24.7. The van der Waals surface area contributed by atoms with Gasteiger partial charge < -0.3 is 14.7 Å². The first-order chi connectivity index (χ1) is 16.8. The normalized spacial score (nSPS) is 20.5. The van der Waals surface area contributed by atoms with Crippen molar-refractivity contribution in [1.29, 1.82) is 0 Å². The maximum atomic E-state index is 13.2. The van der Waals surface area contributed by atoms with Gasteiger partial charge in [-0.1, -0.05) is 30.3 Å². The number of amides is 1. The number of likely N-dealkylation sites (tertiary alicyclic amines) is 1. The smallest absolute Gasteiger partial charge is 0.295 e. The number of aliphatic hydroxyl groups excluding tert-OH is 1. The number of hydrogen-bond acceptors (Lipinski definition) is 6. The number of non-ortho nitro benzene ring substituents is 1. The molecule has 0 radical (unpaired) electrons. The number of hydrogen-bond donors (Lipinski definition) is 1. The van der Waals surface area contributed by atoms with E-state index >= 15 is 0 Å². The number of fused-ring (bicyclic) bond motifs is 1. The minimum atomic E-state index is -0.903. The first-order valence-electron chi connectivity index (χ1n) is 11.2. The Morgan fingerprint density at radius 1 is 1.09 bits per heavy atom. The van der Waals surface area contributed by atoms with E-state index in [4.69, 9.17) is 4.74 Å². The second-order valence-corrected chi connectivity index (χ2v) is 8.72. The Bertz CT molecular complexity index is 1360. The van der Waals surface area contributed by atoms with E-state index in [2.05, 4.69) is 0 Å². The number of nitro groups is 1. The van der Waals surface area contributed by atoms with E-state index in [-0.39, 0.29) is 29.7 Å². The highest BCUT2D eigenvalue weighted by Crippen LogP contribution is 2.41. The fraction of sp³-hybridized carbons (Fsp3) is 0.185. The Morgan fingerprint density at radius 2 is 1.80 bits per heavy atom. The first-order valence-corrected chi connectivity index (χ1v) is 11.2. The number of nitrogens with zero attached hydrogens (tertiary/aromatic N) is 2. The van der Waals surface area contributed by atoms with Gasteiger partial charge in [0.1, 0.15) is 17.6 Å². The average molecular weight is 470 g/mol. The van der Waals surface area contributed by atoms with Crippen molar-refractivity contribution < 1.29 is 24.4 Å². The van der Waals surface area contributed by atoms with Crippen LogP contribution in [0.15, 0.2) is 78.4 Å². The number of carbonyl (C=O) groups excluding carboxylic acids is 2. The summed E-state index contributed by atoms with van der Waals surface area (Å²) in [4.78, 5) is 38.4. The average Bonchev–Trinajstić information content (AvgIpc) is 3.35. The monoisotopic (exact) mass is 470 g/mol. The second-order valence-electron chi connectivity index (χ2n) is 8.72. The third-order valence-electron chi connectivity index (χ3n) is 6.32. The molecular weight excluding hydrogens is 448 g/mol. The number of carbonyl (C=O) groups is 2. The molecule has 2 aliphatic rings. The third-order valence-corrected chi connectivity index (χ3v) is 6.32. The van der Waals surface area contributed by atoms with Crippen molar-refractivity contribution in [3.63, 3.8) is 0 Å². The van der Waals surface area contributed by atoms with E-state index < -0.39 is 22.7 Å². The maximum Gasteiger partial charge on any atom is 0.295 e. The van der Waals surface area contributed by atoms with E-state index in [9.17, 15) is 24.8 Å². The van der Waals surface area contributed by atoms with Crippen LogP contribution in [0.25, 0.3) is 5.76 Å². The molecule has 2 atom stereocenters. The molecule has 35 heavy (non-hydrogen) atoms. The van der Waals surface area contributed by atoms with Crippen LogP contribution in [-0.2, 0) is 22.6 Å². The second kappa shape index (κ2) is 8.72. The summed E-state index contributed by atoms with van der Waals surface area (Å²) in [6.07, 6.45) is 0.684. The van der Waals surface area contributed by atoms with E-state index in [1.54, 1.807) is 18.2 Å². The molecule has 8 nitrogen and oxygen atoms in total. The lowest BCUT2D eigenvalue weighted by atomic mass is 9.94. The first kappa shape index (κ1) is 22.3. The van der Waals surface area contributed by atoms with Gasteiger partial charge in [-0.05, 0) is 53.9 Å². The summed E-state index contributed by atoms with van der Waals surface area (Å²) in [6, 6.07) is 19.1. The van der Waals surface area contributed by atoms with E-state index in [1.165, 1.54) is 29.2 Å². The van der Waals surface area contributed by atoms with Crippen molar-refractivity contribution in [2.75, 3.05) is 0 Å². The Labute approximate surface area is 201 Å². The predicted molar refractivity (Wildman–Crippen MR) is 128 cm³/mol. The minimum absolute atomic E-state index is 0.0129. The van der Waals surface area contributed by atoms with Crippen molar-refractivity contribution in [2.24, 2.45) is 0 Å². The van der Waals surface area contributed by atoms with Crippen molar-refractivity contribution in [2.45, 2.75) is 32.0 Å². The van der Waals surface area contributed by atoms with Crippen LogP contribution in [0.2, 0.25) is 0 Å². The lowest BCUT2D eigenvalue weighted by molar-refractivity contribution is -0.384. The van der Waals surface area contributed by atoms with Gasteiger partial charge in [-0.15, -0.1) is 0 Å². The molecule has 0 spiro atoms. The number of rotatable bonds is 5. The molecule has 8 heteroatoms. The van der Waals surface area contributed by atoms with Crippen LogP contribution >= 0.6 is 0 Å². The molecule has 2 aliphatic heterocycles. The summed E-state index contributed by atoms with van der Waals surface area (Å²) >= 11 is 0. The summed E-state index contributed by atoms with van der Waals surface area (Å²) in [6.45, 7) is 2.09. The van der Waals surface area contributed by atoms with Gasteiger partial charge in [-0.25, -0.2) is 0 Å². The van der Waals surface area contributed by atoms with Gasteiger partial charge in [-0.2, -0.15) is 0 Å². The van der Waals surface area contributed by atoms with Gasteiger partial charge in [0, 0.05) is 30.7 Å². The zero-order valence-corrected chi connectivity index (χ0v) is 18.9. The lowest BCUT2D eigenvalue weighted by Gasteiger charge is -2.25. The Kier molecular flexibility index (Phi) is 5.56. The molecule has 3 aromatic rings.